The summed E-state index contributed by atoms with van der Waals surface area (Å²) in [5.41, 5.74) is 2.16. The van der Waals surface area contributed by atoms with Crippen molar-refractivity contribution in [2.75, 3.05) is 27.2 Å². The van der Waals surface area contributed by atoms with Crippen molar-refractivity contribution < 1.29 is 4.79 Å². The first-order valence-electron chi connectivity index (χ1n) is 7.88. The lowest BCUT2D eigenvalue weighted by Gasteiger charge is -2.14. The highest BCUT2D eigenvalue weighted by Gasteiger charge is 2.20. The number of aromatic nitrogens is 3. The van der Waals surface area contributed by atoms with Gasteiger partial charge < -0.3 is 10.2 Å². The zero-order chi connectivity index (χ0) is 17.0. The monoisotopic (exact) mass is 315 g/mol. The molecule has 1 amide bonds. The minimum atomic E-state index is -0.163. The van der Waals surface area contributed by atoms with Crippen LogP contribution in [0, 0.1) is 6.92 Å². The topological polar surface area (TPSA) is 63.1 Å². The van der Waals surface area contributed by atoms with Crippen molar-refractivity contribution in [1.29, 1.82) is 0 Å². The highest BCUT2D eigenvalue weighted by molar-refractivity contribution is 5.90. The van der Waals surface area contributed by atoms with Crippen LogP contribution >= 0.6 is 0 Å². The molecule has 124 valence electrons. The molecule has 1 heterocycles. The molecule has 0 aliphatic rings. The van der Waals surface area contributed by atoms with Crippen LogP contribution in [0.3, 0.4) is 0 Å². The van der Waals surface area contributed by atoms with E-state index in [1.54, 1.807) is 16.6 Å². The van der Waals surface area contributed by atoms with Gasteiger partial charge in [-0.1, -0.05) is 32.0 Å². The summed E-state index contributed by atoms with van der Waals surface area (Å²) in [4.78, 5) is 18.4. The zero-order valence-corrected chi connectivity index (χ0v) is 14.5. The van der Waals surface area contributed by atoms with E-state index in [0.717, 1.165) is 12.2 Å². The van der Waals surface area contributed by atoms with Gasteiger partial charge in [0.2, 0.25) is 5.82 Å². The molecule has 2 aromatic rings. The number of carbonyl (C=O) groups is 1. The summed E-state index contributed by atoms with van der Waals surface area (Å²) >= 11 is 0. The fraction of sp³-hybridized carbons (Fsp3) is 0.471. The molecular weight excluding hydrogens is 290 g/mol. The van der Waals surface area contributed by atoms with Crippen LogP contribution in [0.5, 0.6) is 0 Å². The Hall–Kier alpha value is -2.21. The molecule has 0 aliphatic heterocycles. The summed E-state index contributed by atoms with van der Waals surface area (Å²) < 4.78 is 1.76. The van der Waals surface area contributed by atoms with Gasteiger partial charge in [0.15, 0.2) is 0 Å². The quantitative estimate of drug-likeness (QED) is 0.885. The van der Waals surface area contributed by atoms with Gasteiger partial charge in [0.1, 0.15) is 5.82 Å². The van der Waals surface area contributed by atoms with Crippen molar-refractivity contribution in [2.24, 2.45) is 0 Å². The summed E-state index contributed by atoms with van der Waals surface area (Å²) in [7, 11) is 3.62. The summed E-state index contributed by atoms with van der Waals surface area (Å²) in [6, 6.07) is 8.09. The maximum absolute atomic E-state index is 12.4. The molecule has 2 rings (SSSR count). The number of rotatable bonds is 6. The van der Waals surface area contributed by atoms with Crippen LogP contribution in [0.4, 0.5) is 0 Å². The van der Waals surface area contributed by atoms with E-state index in [9.17, 15) is 4.79 Å². The van der Waals surface area contributed by atoms with Crippen molar-refractivity contribution >= 4 is 5.91 Å². The molecule has 0 aliphatic carbocycles. The largest absolute Gasteiger partial charge is 0.338 e. The Morgan fingerprint density at radius 2 is 2.04 bits per heavy atom. The molecule has 1 N–H and O–H groups in total. The third-order valence-electron chi connectivity index (χ3n) is 3.79. The number of hydrogen-bond donors (Lipinski definition) is 1. The van der Waals surface area contributed by atoms with Crippen molar-refractivity contribution in [3.8, 4) is 5.69 Å². The van der Waals surface area contributed by atoms with Gasteiger partial charge in [-0.2, -0.15) is 0 Å². The van der Waals surface area contributed by atoms with Crippen LogP contribution in [-0.2, 0) is 0 Å². The second kappa shape index (κ2) is 7.37. The number of likely N-dealkylation sites (N-methyl/N-ethyl adjacent to an activating group) is 2. The van der Waals surface area contributed by atoms with Crippen LogP contribution in [0.1, 0.15) is 41.8 Å². The zero-order valence-electron chi connectivity index (χ0n) is 14.5. The second-order valence-corrected chi connectivity index (χ2v) is 5.94. The van der Waals surface area contributed by atoms with Gasteiger partial charge in [0.05, 0.1) is 5.69 Å². The van der Waals surface area contributed by atoms with Gasteiger partial charge >= 0.3 is 0 Å². The fourth-order valence-corrected chi connectivity index (χ4v) is 2.43. The van der Waals surface area contributed by atoms with Crippen molar-refractivity contribution in [3.05, 3.63) is 41.5 Å². The van der Waals surface area contributed by atoms with Gasteiger partial charge in [-0.25, -0.2) is 9.67 Å². The summed E-state index contributed by atoms with van der Waals surface area (Å²) in [5.74, 6) is 1.15. The predicted molar refractivity (Wildman–Crippen MR) is 91.1 cm³/mol. The fourth-order valence-electron chi connectivity index (χ4n) is 2.43. The van der Waals surface area contributed by atoms with E-state index in [0.29, 0.717) is 18.3 Å². The molecule has 6 heteroatoms. The van der Waals surface area contributed by atoms with E-state index >= 15 is 0 Å². The van der Waals surface area contributed by atoms with E-state index in [4.69, 9.17) is 0 Å². The molecule has 0 radical (unpaired) electrons. The van der Waals surface area contributed by atoms with E-state index in [1.165, 1.54) is 5.56 Å². The summed E-state index contributed by atoms with van der Waals surface area (Å²) in [6.45, 7) is 7.50. The van der Waals surface area contributed by atoms with Gasteiger partial charge in [-0.3, -0.25) is 4.79 Å². The standard InChI is InChI=1S/C17H25N5O/c1-12(2)14-8-6-7-9-15(14)22-13(3)19-16(20-22)17(23)21(5)11-10-18-4/h6-9,12,18H,10-11H2,1-5H3. The number of hydrogen-bond acceptors (Lipinski definition) is 4. The summed E-state index contributed by atoms with van der Waals surface area (Å²) in [6.07, 6.45) is 0. The molecule has 0 unspecified atom stereocenters. The smallest absolute Gasteiger partial charge is 0.293 e. The van der Waals surface area contributed by atoms with Crippen molar-refractivity contribution in [3.63, 3.8) is 0 Å². The Labute approximate surface area is 137 Å². The Bertz CT molecular complexity index is 677. The average molecular weight is 315 g/mol. The maximum Gasteiger partial charge on any atom is 0.293 e. The minimum Gasteiger partial charge on any atom is -0.338 e. The highest BCUT2D eigenvalue weighted by atomic mass is 16.2. The lowest BCUT2D eigenvalue weighted by atomic mass is 10.0. The van der Waals surface area contributed by atoms with E-state index in [-0.39, 0.29) is 11.7 Å². The van der Waals surface area contributed by atoms with Gasteiger partial charge in [-0.05, 0) is 31.5 Å². The average Bonchev–Trinajstić information content (AvgIpc) is 2.93. The number of nitrogens with one attached hydrogen (secondary N) is 1. The Balaban J connectivity index is 2.34. The number of aryl methyl sites for hydroxylation is 1. The molecule has 23 heavy (non-hydrogen) atoms. The molecule has 0 atom stereocenters. The molecule has 0 saturated carbocycles. The number of para-hydroxylation sites is 1. The van der Waals surface area contributed by atoms with Crippen LogP contribution < -0.4 is 5.32 Å². The lowest BCUT2D eigenvalue weighted by Crippen LogP contribution is -2.33. The van der Waals surface area contributed by atoms with Crippen LogP contribution in [0.25, 0.3) is 5.69 Å². The molecule has 1 aromatic carbocycles. The van der Waals surface area contributed by atoms with Crippen LogP contribution in [0.2, 0.25) is 0 Å². The first-order chi connectivity index (χ1) is 11.0. The van der Waals surface area contributed by atoms with E-state index in [1.807, 2.05) is 32.2 Å². The third kappa shape index (κ3) is 3.76. The molecular formula is C17H25N5O. The van der Waals surface area contributed by atoms with E-state index < -0.39 is 0 Å². The number of carbonyl (C=O) groups excluding carboxylic acids is 1. The predicted octanol–water partition coefficient (Wildman–Crippen LogP) is 1.99. The molecule has 0 saturated heterocycles. The van der Waals surface area contributed by atoms with Crippen LogP contribution in [-0.4, -0.2) is 52.8 Å². The molecule has 0 spiro atoms. The van der Waals surface area contributed by atoms with Gasteiger partial charge in [-0.15, -0.1) is 5.10 Å². The third-order valence-corrected chi connectivity index (χ3v) is 3.79. The first-order valence-corrected chi connectivity index (χ1v) is 7.88. The summed E-state index contributed by atoms with van der Waals surface area (Å²) in [5, 5.41) is 7.47. The number of nitrogens with zero attached hydrogens (tertiary/aromatic N) is 4. The molecule has 6 nitrogen and oxygen atoms in total. The first kappa shape index (κ1) is 17.1. The van der Waals surface area contributed by atoms with Gasteiger partial charge in [0.25, 0.3) is 5.91 Å². The van der Waals surface area contributed by atoms with E-state index in [2.05, 4.69) is 35.3 Å². The van der Waals surface area contributed by atoms with Gasteiger partial charge in [0, 0.05) is 20.1 Å². The Morgan fingerprint density at radius 1 is 1.35 bits per heavy atom. The number of benzene rings is 1. The molecule has 1 aromatic heterocycles. The van der Waals surface area contributed by atoms with Crippen molar-refractivity contribution in [2.45, 2.75) is 26.7 Å². The van der Waals surface area contributed by atoms with Crippen LogP contribution in [0.15, 0.2) is 24.3 Å². The second-order valence-electron chi connectivity index (χ2n) is 5.94. The van der Waals surface area contributed by atoms with Crippen molar-refractivity contribution in [1.82, 2.24) is 25.0 Å². The maximum atomic E-state index is 12.4. The normalized spacial score (nSPS) is 11.0. The number of amides is 1. The highest BCUT2D eigenvalue weighted by Crippen LogP contribution is 2.23. The SMILES string of the molecule is CNCCN(C)C(=O)c1nc(C)n(-c2ccccc2C(C)C)n1. The Kier molecular flexibility index (Phi) is 5.50. The molecule has 0 bridgehead atoms. The lowest BCUT2D eigenvalue weighted by molar-refractivity contribution is 0.0785. The molecule has 0 fully saturated rings. The Morgan fingerprint density at radius 3 is 2.70 bits per heavy atom. The minimum absolute atomic E-state index is 0.163.